The maximum absolute atomic E-state index is 13.4. The van der Waals surface area contributed by atoms with Crippen LogP contribution in [0.2, 0.25) is 0 Å². The van der Waals surface area contributed by atoms with Crippen molar-refractivity contribution in [3.63, 3.8) is 0 Å². The van der Waals surface area contributed by atoms with Gasteiger partial charge < -0.3 is 15.8 Å². The monoisotopic (exact) mass is 344 g/mol. The van der Waals surface area contributed by atoms with Crippen LogP contribution >= 0.6 is 15.9 Å². The van der Waals surface area contributed by atoms with Crippen LogP contribution in [0.3, 0.4) is 0 Å². The number of ether oxygens (including phenoxy) is 1. The molecule has 1 heterocycles. The average Bonchev–Trinajstić information content (AvgIpc) is 2.48. The second-order valence-corrected chi connectivity index (χ2v) is 5.88. The van der Waals surface area contributed by atoms with Gasteiger partial charge in [0.2, 0.25) is 5.91 Å². The van der Waals surface area contributed by atoms with Crippen molar-refractivity contribution >= 4 is 21.8 Å². The lowest BCUT2D eigenvalue weighted by Gasteiger charge is -2.34. The van der Waals surface area contributed by atoms with Crippen LogP contribution in [0, 0.1) is 11.2 Å². The van der Waals surface area contributed by atoms with Crippen molar-refractivity contribution in [2.75, 3.05) is 19.8 Å². The number of hydrogen-bond acceptors (Lipinski definition) is 3. The first-order valence-corrected chi connectivity index (χ1v) is 7.37. The van der Waals surface area contributed by atoms with Gasteiger partial charge in [-0.15, -0.1) is 0 Å². The highest BCUT2D eigenvalue weighted by molar-refractivity contribution is 9.10. The smallest absolute Gasteiger partial charge is 0.227 e. The number of nitrogens with one attached hydrogen (secondary N) is 1. The lowest BCUT2D eigenvalue weighted by molar-refractivity contribution is -0.136. The van der Waals surface area contributed by atoms with Crippen molar-refractivity contribution in [1.29, 1.82) is 0 Å². The molecule has 3 N–H and O–H groups in total. The fraction of sp³-hybridized carbons (Fsp3) is 0.500. The lowest BCUT2D eigenvalue weighted by Crippen LogP contribution is -2.48. The standard InChI is InChI=1S/C14H18BrFN2O2/c15-11-2-1-10(7-12(11)16)8-18-13(19)14(9-17)3-5-20-6-4-14/h1-2,7H,3-6,8-9,17H2,(H,18,19). The van der Waals surface area contributed by atoms with Crippen molar-refractivity contribution in [1.82, 2.24) is 5.32 Å². The van der Waals surface area contributed by atoms with Crippen molar-refractivity contribution in [2.24, 2.45) is 11.1 Å². The minimum absolute atomic E-state index is 0.0772. The molecule has 0 bridgehead atoms. The van der Waals surface area contributed by atoms with Crippen LogP contribution in [0.4, 0.5) is 4.39 Å². The number of carbonyl (C=O) groups excluding carboxylic acids is 1. The second kappa shape index (κ2) is 6.65. The third-order valence-electron chi connectivity index (χ3n) is 3.76. The zero-order valence-corrected chi connectivity index (χ0v) is 12.7. The van der Waals surface area contributed by atoms with Crippen molar-refractivity contribution < 1.29 is 13.9 Å². The van der Waals surface area contributed by atoms with Gasteiger partial charge in [0.25, 0.3) is 0 Å². The summed E-state index contributed by atoms with van der Waals surface area (Å²) >= 11 is 3.10. The predicted octanol–water partition coefficient (Wildman–Crippen LogP) is 1.96. The summed E-state index contributed by atoms with van der Waals surface area (Å²) in [6.45, 7) is 1.71. The van der Waals surface area contributed by atoms with Gasteiger partial charge >= 0.3 is 0 Å². The number of rotatable bonds is 4. The zero-order chi connectivity index (χ0) is 14.6. The van der Waals surface area contributed by atoms with Crippen LogP contribution in [0.25, 0.3) is 0 Å². The minimum Gasteiger partial charge on any atom is -0.381 e. The van der Waals surface area contributed by atoms with Gasteiger partial charge in [0.1, 0.15) is 5.82 Å². The molecule has 110 valence electrons. The molecule has 1 aromatic rings. The highest BCUT2D eigenvalue weighted by atomic mass is 79.9. The number of hydrogen-bond donors (Lipinski definition) is 2. The Morgan fingerprint density at radius 2 is 2.15 bits per heavy atom. The molecule has 6 heteroatoms. The fourth-order valence-corrected chi connectivity index (χ4v) is 2.55. The van der Waals surface area contributed by atoms with Gasteiger partial charge in [0.05, 0.1) is 9.89 Å². The molecule has 0 aliphatic carbocycles. The molecule has 0 saturated carbocycles. The van der Waals surface area contributed by atoms with E-state index in [1.165, 1.54) is 6.07 Å². The molecule has 0 aromatic heterocycles. The van der Waals surface area contributed by atoms with E-state index in [1.54, 1.807) is 12.1 Å². The van der Waals surface area contributed by atoms with Gasteiger partial charge in [-0.2, -0.15) is 0 Å². The third kappa shape index (κ3) is 3.37. The molecule has 1 aliphatic heterocycles. The number of benzene rings is 1. The van der Waals surface area contributed by atoms with Gasteiger partial charge in [-0.3, -0.25) is 4.79 Å². The Labute approximate surface area is 126 Å². The summed E-state index contributed by atoms with van der Waals surface area (Å²) < 4.78 is 19.1. The summed E-state index contributed by atoms with van der Waals surface area (Å²) in [7, 11) is 0. The summed E-state index contributed by atoms with van der Waals surface area (Å²) in [4.78, 5) is 12.3. The van der Waals surface area contributed by atoms with Gasteiger partial charge in [0.15, 0.2) is 0 Å². The van der Waals surface area contributed by atoms with E-state index in [4.69, 9.17) is 10.5 Å². The largest absolute Gasteiger partial charge is 0.381 e. The first kappa shape index (κ1) is 15.4. The van der Waals surface area contributed by atoms with Gasteiger partial charge in [-0.1, -0.05) is 6.07 Å². The molecule has 4 nitrogen and oxygen atoms in total. The van der Waals surface area contributed by atoms with E-state index in [1.807, 2.05) is 0 Å². The molecule has 1 aliphatic rings. The molecule has 0 radical (unpaired) electrons. The molecule has 0 atom stereocenters. The Bertz CT molecular complexity index is 490. The van der Waals surface area contributed by atoms with Crippen molar-refractivity contribution in [3.05, 3.63) is 34.1 Å². The zero-order valence-electron chi connectivity index (χ0n) is 11.1. The van der Waals surface area contributed by atoms with Crippen LogP contribution in [-0.2, 0) is 16.1 Å². The second-order valence-electron chi connectivity index (χ2n) is 5.03. The Kier molecular flexibility index (Phi) is 5.12. The third-order valence-corrected chi connectivity index (χ3v) is 4.40. The van der Waals surface area contributed by atoms with E-state index >= 15 is 0 Å². The van der Waals surface area contributed by atoms with Crippen LogP contribution < -0.4 is 11.1 Å². The van der Waals surface area contributed by atoms with Crippen LogP contribution in [0.15, 0.2) is 22.7 Å². The number of amides is 1. The summed E-state index contributed by atoms with van der Waals surface area (Å²) in [6, 6.07) is 4.81. The van der Waals surface area contributed by atoms with Crippen LogP contribution in [0.5, 0.6) is 0 Å². The van der Waals surface area contributed by atoms with E-state index in [-0.39, 0.29) is 11.7 Å². The van der Waals surface area contributed by atoms with E-state index in [2.05, 4.69) is 21.2 Å². The van der Waals surface area contributed by atoms with Crippen molar-refractivity contribution in [3.8, 4) is 0 Å². The normalized spacial score (nSPS) is 17.8. The Morgan fingerprint density at radius 1 is 1.45 bits per heavy atom. The average molecular weight is 345 g/mol. The molecule has 1 amide bonds. The van der Waals surface area contributed by atoms with E-state index in [9.17, 15) is 9.18 Å². The molecular weight excluding hydrogens is 327 g/mol. The predicted molar refractivity (Wildman–Crippen MR) is 77.5 cm³/mol. The summed E-state index contributed by atoms with van der Waals surface area (Å²) in [5.41, 5.74) is 5.94. The topological polar surface area (TPSA) is 64.4 Å². The van der Waals surface area contributed by atoms with Gasteiger partial charge in [-0.05, 0) is 46.5 Å². The van der Waals surface area contributed by atoms with Crippen molar-refractivity contribution in [2.45, 2.75) is 19.4 Å². The van der Waals surface area contributed by atoms with E-state index in [0.29, 0.717) is 43.6 Å². The van der Waals surface area contributed by atoms with Gasteiger partial charge in [-0.25, -0.2) is 4.39 Å². The molecule has 1 fully saturated rings. The number of carbonyl (C=O) groups is 1. The molecule has 0 unspecified atom stereocenters. The molecule has 20 heavy (non-hydrogen) atoms. The Hall–Kier alpha value is -0.980. The molecule has 0 spiro atoms. The first-order chi connectivity index (χ1) is 9.57. The number of halogens is 2. The fourth-order valence-electron chi connectivity index (χ4n) is 2.31. The molecule has 1 aromatic carbocycles. The van der Waals surface area contributed by atoms with Crippen LogP contribution in [-0.4, -0.2) is 25.7 Å². The Morgan fingerprint density at radius 3 is 2.75 bits per heavy atom. The summed E-state index contributed by atoms with van der Waals surface area (Å²) in [5.74, 6) is -0.414. The highest BCUT2D eigenvalue weighted by Gasteiger charge is 2.38. The maximum Gasteiger partial charge on any atom is 0.227 e. The summed E-state index contributed by atoms with van der Waals surface area (Å²) in [6.07, 6.45) is 1.26. The van der Waals surface area contributed by atoms with E-state index < -0.39 is 5.41 Å². The summed E-state index contributed by atoms with van der Waals surface area (Å²) in [5, 5.41) is 2.85. The maximum atomic E-state index is 13.4. The SMILES string of the molecule is NCC1(C(=O)NCc2ccc(Br)c(F)c2)CCOCC1. The van der Waals surface area contributed by atoms with Gasteiger partial charge in [0, 0.05) is 26.3 Å². The van der Waals surface area contributed by atoms with Crippen LogP contribution in [0.1, 0.15) is 18.4 Å². The Balaban J connectivity index is 1.98. The number of nitrogens with two attached hydrogens (primary N) is 1. The van der Waals surface area contributed by atoms with E-state index in [0.717, 1.165) is 5.56 Å². The molecular formula is C14H18BrFN2O2. The lowest BCUT2D eigenvalue weighted by atomic mass is 9.79. The highest BCUT2D eigenvalue weighted by Crippen LogP contribution is 2.29. The quantitative estimate of drug-likeness (QED) is 0.877. The minimum atomic E-state index is -0.549. The first-order valence-electron chi connectivity index (χ1n) is 6.57. The molecule has 2 rings (SSSR count). The molecule has 1 saturated heterocycles.